The molecular formula is C16H20N4O4. The second kappa shape index (κ2) is 7.12. The van der Waals surface area contributed by atoms with Gasteiger partial charge in [-0.1, -0.05) is 13.8 Å². The molecule has 128 valence electrons. The van der Waals surface area contributed by atoms with Crippen molar-refractivity contribution in [3.63, 3.8) is 0 Å². The van der Waals surface area contributed by atoms with Crippen LogP contribution in [-0.4, -0.2) is 34.1 Å². The summed E-state index contributed by atoms with van der Waals surface area (Å²) in [7, 11) is 1.52. The van der Waals surface area contributed by atoms with E-state index in [1.54, 1.807) is 24.3 Å². The number of carbonyl (C=O) groups excluding carboxylic acids is 1. The lowest BCUT2D eigenvalue weighted by atomic mass is 10.2. The van der Waals surface area contributed by atoms with Crippen LogP contribution < -0.4 is 21.0 Å². The molecule has 0 spiro atoms. The first-order valence-electron chi connectivity index (χ1n) is 7.49. The number of hydrogen-bond donors (Lipinski definition) is 1. The average molecular weight is 332 g/mol. The van der Waals surface area contributed by atoms with Crippen molar-refractivity contribution in [1.29, 1.82) is 0 Å². The Morgan fingerprint density at radius 3 is 2.38 bits per heavy atom. The Labute approximate surface area is 138 Å². The molecule has 1 aromatic heterocycles. The van der Waals surface area contributed by atoms with Gasteiger partial charge in [-0.2, -0.15) is 4.98 Å². The summed E-state index contributed by atoms with van der Waals surface area (Å²) in [6.45, 7) is 5.56. The minimum atomic E-state index is -0.756. The third kappa shape index (κ3) is 3.70. The maximum Gasteiger partial charge on any atom is 0.359 e. The standard InChI is InChI=1S/C16H20N4O4/c1-10(2)9-19(11(3)21)14-17-15(22)20(16(23)18-14)12-5-7-13(24-4)8-6-12/h5-8,10H,9H2,1-4H3,(H,17,18,22,23). The first kappa shape index (κ1) is 17.5. The van der Waals surface area contributed by atoms with Gasteiger partial charge in [0.2, 0.25) is 11.9 Å². The van der Waals surface area contributed by atoms with E-state index in [-0.39, 0.29) is 17.8 Å². The van der Waals surface area contributed by atoms with Gasteiger partial charge < -0.3 is 4.74 Å². The fourth-order valence-corrected chi connectivity index (χ4v) is 2.22. The van der Waals surface area contributed by atoms with E-state index in [1.807, 2.05) is 13.8 Å². The van der Waals surface area contributed by atoms with Gasteiger partial charge in [0, 0.05) is 13.5 Å². The quantitative estimate of drug-likeness (QED) is 0.879. The second-order valence-corrected chi connectivity index (χ2v) is 5.71. The molecule has 0 unspecified atom stereocenters. The lowest BCUT2D eigenvalue weighted by Crippen LogP contribution is -2.41. The Hall–Kier alpha value is -2.90. The monoisotopic (exact) mass is 332 g/mol. The van der Waals surface area contributed by atoms with Gasteiger partial charge in [0.1, 0.15) is 5.75 Å². The Morgan fingerprint density at radius 1 is 1.29 bits per heavy atom. The Kier molecular flexibility index (Phi) is 5.18. The molecule has 0 aliphatic rings. The summed E-state index contributed by atoms with van der Waals surface area (Å²) in [6.07, 6.45) is 0. The number of methoxy groups -OCH3 is 1. The van der Waals surface area contributed by atoms with Crippen LogP contribution in [0, 0.1) is 5.92 Å². The molecule has 0 radical (unpaired) electrons. The number of nitrogens with one attached hydrogen (secondary N) is 1. The van der Waals surface area contributed by atoms with Crippen LogP contribution in [0.25, 0.3) is 5.69 Å². The smallest absolute Gasteiger partial charge is 0.359 e. The Morgan fingerprint density at radius 2 is 1.92 bits per heavy atom. The number of amides is 1. The summed E-state index contributed by atoms with van der Waals surface area (Å²) in [6, 6.07) is 6.42. The average Bonchev–Trinajstić information content (AvgIpc) is 2.52. The van der Waals surface area contributed by atoms with E-state index < -0.39 is 11.4 Å². The van der Waals surface area contributed by atoms with E-state index in [9.17, 15) is 14.4 Å². The van der Waals surface area contributed by atoms with Crippen molar-refractivity contribution in [2.75, 3.05) is 18.6 Å². The molecule has 2 aromatic rings. The topological polar surface area (TPSA) is 97.3 Å². The van der Waals surface area contributed by atoms with E-state index in [2.05, 4.69) is 9.97 Å². The van der Waals surface area contributed by atoms with Crippen LogP contribution >= 0.6 is 0 Å². The zero-order chi connectivity index (χ0) is 17.9. The molecule has 8 heteroatoms. The van der Waals surface area contributed by atoms with Crippen LogP contribution in [0.2, 0.25) is 0 Å². The molecule has 1 amide bonds. The van der Waals surface area contributed by atoms with Crippen LogP contribution in [0.15, 0.2) is 33.9 Å². The molecule has 1 N–H and O–H groups in total. The molecule has 8 nitrogen and oxygen atoms in total. The van der Waals surface area contributed by atoms with Crippen LogP contribution in [0.5, 0.6) is 5.75 Å². The Bertz CT molecular complexity index is 805. The number of aromatic amines is 1. The molecular weight excluding hydrogens is 312 g/mol. The van der Waals surface area contributed by atoms with Crippen LogP contribution in [0.1, 0.15) is 20.8 Å². The van der Waals surface area contributed by atoms with Crippen molar-refractivity contribution in [3.05, 3.63) is 45.2 Å². The normalized spacial score (nSPS) is 10.7. The van der Waals surface area contributed by atoms with Gasteiger partial charge in [-0.3, -0.25) is 14.7 Å². The minimum Gasteiger partial charge on any atom is -0.497 e. The van der Waals surface area contributed by atoms with Crippen molar-refractivity contribution in [1.82, 2.24) is 14.5 Å². The van der Waals surface area contributed by atoms with Crippen molar-refractivity contribution >= 4 is 11.9 Å². The van der Waals surface area contributed by atoms with Crippen LogP contribution in [0.3, 0.4) is 0 Å². The molecule has 1 heterocycles. The molecule has 0 aliphatic heterocycles. The number of ether oxygens (including phenoxy) is 1. The maximum atomic E-state index is 12.3. The van der Waals surface area contributed by atoms with Gasteiger partial charge in [0.05, 0.1) is 12.8 Å². The number of rotatable bonds is 5. The van der Waals surface area contributed by atoms with Crippen molar-refractivity contribution in [3.8, 4) is 11.4 Å². The molecule has 0 saturated carbocycles. The molecule has 0 bridgehead atoms. The highest BCUT2D eigenvalue weighted by atomic mass is 16.5. The number of benzene rings is 1. The second-order valence-electron chi connectivity index (χ2n) is 5.71. The third-order valence-electron chi connectivity index (χ3n) is 3.33. The minimum absolute atomic E-state index is 0.0454. The predicted molar refractivity (Wildman–Crippen MR) is 89.9 cm³/mol. The highest BCUT2D eigenvalue weighted by Gasteiger charge is 2.18. The van der Waals surface area contributed by atoms with Gasteiger partial charge in [-0.05, 0) is 30.2 Å². The first-order valence-corrected chi connectivity index (χ1v) is 7.49. The fourth-order valence-electron chi connectivity index (χ4n) is 2.22. The van der Waals surface area contributed by atoms with E-state index in [0.29, 0.717) is 18.0 Å². The first-order chi connectivity index (χ1) is 11.3. The zero-order valence-electron chi connectivity index (χ0n) is 14.1. The van der Waals surface area contributed by atoms with Gasteiger partial charge in [0.15, 0.2) is 0 Å². The van der Waals surface area contributed by atoms with Crippen molar-refractivity contribution in [2.45, 2.75) is 20.8 Å². The van der Waals surface area contributed by atoms with E-state index in [0.717, 1.165) is 4.57 Å². The van der Waals surface area contributed by atoms with Crippen molar-refractivity contribution < 1.29 is 9.53 Å². The molecule has 0 fully saturated rings. The number of H-pyrrole nitrogens is 1. The van der Waals surface area contributed by atoms with Gasteiger partial charge in [-0.15, -0.1) is 0 Å². The van der Waals surface area contributed by atoms with E-state index >= 15 is 0 Å². The summed E-state index contributed by atoms with van der Waals surface area (Å²) >= 11 is 0. The maximum absolute atomic E-state index is 12.3. The van der Waals surface area contributed by atoms with Crippen LogP contribution in [0.4, 0.5) is 5.95 Å². The Balaban J connectivity index is 2.49. The molecule has 0 saturated heterocycles. The highest BCUT2D eigenvalue weighted by molar-refractivity contribution is 5.89. The molecule has 0 atom stereocenters. The summed E-state index contributed by atoms with van der Waals surface area (Å²) in [5.41, 5.74) is -1.06. The highest BCUT2D eigenvalue weighted by Crippen LogP contribution is 2.13. The van der Waals surface area contributed by atoms with Crippen molar-refractivity contribution in [2.24, 2.45) is 5.92 Å². The van der Waals surface area contributed by atoms with E-state index in [1.165, 1.54) is 18.9 Å². The number of hydrogen-bond acceptors (Lipinski definition) is 5. The van der Waals surface area contributed by atoms with Gasteiger partial charge in [-0.25, -0.2) is 14.2 Å². The zero-order valence-corrected chi connectivity index (χ0v) is 14.1. The van der Waals surface area contributed by atoms with E-state index in [4.69, 9.17) is 4.74 Å². The number of aromatic nitrogens is 3. The fraction of sp³-hybridized carbons (Fsp3) is 0.375. The number of anilines is 1. The molecule has 0 aliphatic carbocycles. The lowest BCUT2D eigenvalue weighted by molar-refractivity contribution is -0.116. The molecule has 24 heavy (non-hydrogen) atoms. The predicted octanol–water partition coefficient (Wildman–Crippen LogP) is 0.938. The third-order valence-corrected chi connectivity index (χ3v) is 3.33. The summed E-state index contributed by atoms with van der Waals surface area (Å²) in [5.74, 6) is 0.417. The molecule has 1 aromatic carbocycles. The largest absolute Gasteiger partial charge is 0.497 e. The summed E-state index contributed by atoms with van der Waals surface area (Å²) in [4.78, 5) is 44.0. The van der Waals surface area contributed by atoms with Gasteiger partial charge >= 0.3 is 11.4 Å². The SMILES string of the molecule is COc1ccc(-n2c(=O)nc(N(CC(C)C)C(C)=O)[nH]c2=O)cc1. The lowest BCUT2D eigenvalue weighted by Gasteiger charge is -2.21. The van der Waals surface area contributed by atoms with Crippen LogP contribution in [-0.2, 0) is 4.79 Å². The summed E-state index contributed by atoms with van der Waals surface area (Å²) < 4.78 is 5.95. The molecule has 2 rings (SSSR count). The number of nitrogens with zero attached hydrogens (tertiary/aromatic N) is 3. The number of carbonyl (C=O) groups is 1. The van der Waals surface area contributed by atoms with Gasteiger partial charge in [0.25, 0.3) is 0 Å². The summed E-state index contributed by atoms with van der Waals surface area (Å²) in [5, 5.41) is 0.